The maximum Gasteiger partial charge on any atom is 0.238 e. The van der Waals surface area contributed by atoms with Gasteiger partial charge in [-0.25, -0.2) is 0 Å². The zero-order valence-corrected chi connectivity index (χ0v) is 11.7. The van der Waals surface area contributed by atoms with E-state index in [1.807, 2.05) is 29.9 Å². The molecule has 1 saturated heterocycles. The summed E-state index contributed by atoms with van der Waals surface area (Å²) in [6, 6.07) is 0. The van der Waals surface area contributed by atoms with Crippen molar-refractivity contribution in [1.29, 1.82) is 0 Å². The quantitative estimate of drug-likeness (QED) is 0.808. The van der Waals surface area contributed by atoms with Gasteiger partial charge in [-0.2, -0.15) is 5.10 Å². The van der Waals surface area contributed by atoms with Gasteiger partial charge in [0.1, 0.15) is 0 Å². The Morgan fingerprint density at radius 2 is 2.26 bits per heavy atom. The first-order valence-electron chi connectivity index (χ1n) is 6.81. The Kier molecular flexibility index (Phi) is 4.93. The van der Waals surface area contributed by atoms with E-state index < -0.39 is 0 Å². The van der Waals surface area contributed by atoms with Crippen LogP contribution in [0.3, 0.4) is 0 Å². The number of piperidine rings is 1. The molecule has 2 heterocycles. The second kappa shape index (κ2) is 6.68. The van der Waals surface area contributed by atoms with E-state index in [2.05, 4.69) is 15.7 Å². The van der Waals surface area contributed by atoms with E-state index in [1.54, 1.807) is 6.20 Å². The van der Waals surface area contributed by atoms with Crippen LogP contribution in [0.5, 0.6) is 0 Å². The molecule has 0 spiro atoms. The van der Waals surface area contributed by atoms with Crippen LogP contribution in [0, 0.1) is 5.92 Å². The van der Waals surface area contributed by atoms with E-state index in [1.165, 1.54) is 12.8 Å². The fourth-order valence-corrected chi connectivity index (χ4v) is 2.34. The molecular weight excluding hydrogens is 242 g/mol. The molecule has 1 amide bonds. The van der Waals surface area contributed by atoms with E-state index in [9.17, 15) is 4.79 Å². The zero-order valence-electron chi connectivity index (χ0n) is 11.7. The van der Waals surface area contributed by atoms with Crippen molar-refractivity contribution in [2.75, 3.05) is 39.0 Å². The summed E-state index contributed by atoms with van der Waals surface area (Å²) in [5.74, 6) is 0.679. The SMILES string of the molecule is CN(C)CC(=O)Nc1cnn(CC2CCNCC2)c1. The van der Waals surface area contributed by atoms with E-state index in [0.29, 0.717) is 12.5 Å². The van der Waals surface area contributed by atoms with Crippen LogP contribution in [0.25, 0.3) is 0 Å². The Morgan fingerprint density at radius 3 is 2.95 bits per heavy atom. The van der Waals surface area contributed by atoms with Crippen LogP contribution in [0.1, 0.15) is 12.8 Å². The molecule has 0 atom stereocenters. The molecule has 0 aromatic carbocycles. The van der Waals surface area contributed by atoms with Gasteiger partial charge in [0.25, 0.3) is 0 Å². The smallest absolute Gasteiger partial charge is 0.238 e. The minimum absolute atomic E-state index is 0.00795. The molecule has 0 radical (unpaired) electrons. The van der Waals surface area contributed by atoms with Crippen LogP contribution in [0.2, 0.25) is 0 Å². The second-order valence-corrected chi connectivity index (χ2v) is 5.43. The summed E-state index contributed by atoms with van der Waals surface area (Å²) < 4.78 is 1.93. The lowest BCUT2D eigenvalue weighted by molar-refractivity contribution is -0.116. The first-order valence-corrected chi connectivity index (χ1v) is 6.81. The lowest BCUT2D eigenvalue weighted by Gasteiger charge is -2.22. The summed E-state index contributed by atoms with van der Waals surface area (Å²) in [6.45, 7) is 3.52. The van der Waals surface area contributed by atoms with Crippen molar-refractivity contribution in [1.82, 2.24) is 20.0 Å². The van der Waals surface area contributed by atoms with E-state index in [0.717, 1.165) is 25.3 Å². The summed E-state index contributed by atoms with van der Waals surface area (Å²) in [5, 5.41) is 10.5. The molecule has 1 aromatic rings. The predicted molar refractivity (Wildman–Crippen MR) is 75.0 cm³/mol. The number of aromatic nitrogens is 2. The number of hydrogen-bond donors (Lipinski definition) is 2. The molecule has 0 saturated carbocycles. The van der Waals surface area contributed by atoms with Gasteiger partial charge in [0.15, 0.2) is 0 Å². The Labute approximate surface area is 114 Å². The predicted octanol–water partition coefficient (Wildman–Crippen LogP) is 0.383. The minimum atomic E-state index is -0.00795. The van der Waals surface area contributed by atoms with E-state index >= 15 is 0 Å². The van der Waals surface area contributed by atoms with Crippen molar-refractivity contribution in [3.05, 3.63) is 12.4 Å². The highest BCUT2D eigenvalue weighted by atomic mass is 16.2. The number of carbonyl (C=O) groups is 1. The number of amides is 1. The van der Waals surface area contributed by atoms with Gasteiger partial charge in [-0.15, -0.1) is 0 Å². The van der Waals surface area contributed by atoms with Crippen LogP contribution in [0.4, 0.5) is 5.69 Å². The minimum Gasteiger partial charge on any atom is -0.322 e. The molecule has 19 heavy (non-hydrogen) atoms. The number of carbonyl (C=O) groups excluding carboxylic acids is 1. The summed E-state index contributed by atoms with van der Waals surface area (Å²) in [7, 11) is 3.75. The van der Waals surface area contributed by atoms with Crippen LogP contribution < -0.4 is 10.6 Å². The van der Waals surface area contributed by atoms with Crippen molar-refractivity contribution in [3.63, 3.8) is 0 Å². The number of nitrogens with one attached hydrogen (secondary N) is 2. The number of anilines is 1. The van der Waals surface area contributed by atoms with Crippen LogP contribution in [-0.4, -0.2) is 54.3 Å². The Morgan fingerprint density at radius 1 is 1.53 bits per heavy atom. The van der Waals surface area contributed by atoms with Gasteiger partial charge in [-0.05, 0) is 45.9 Å². The maximum absolute atomic E-state index is 11.6. The molecule has 2 N–H and O–H groups in total. The fraction of sp³-hybridized carbons (Fsp3) is 0.692. The third kappa shape index (κ3) is 4.65. The number of hydrogen-bond acceptors (Lipinski definition) is 4. The molecule has 1 aliphatic rings. The second-order valence-electron chi connectivity index (χ2n) is 5.43. The highest BCUT2D eigenvalue weighted by Crippen LogP contribution is 2.15. The summed E-state index contributed by atoms with van der Waals surface area (Å²) in [6.07, 6.45) is 6.02. The van der Waals surface area contributed by atoms with Gasteiger partial charge in [0, 0.05) is 12.7 Å². The van der Waals surface area contributed by atoms with Crippen molar-refractivity contribution >= 4 is 11.6 Å². The molecule has 0 aliphatic carbocycles. The monoisotopic (exact) mass is 265 g/mol. The molecule has 0 unspecified atom stereocenters. The molecule has 1 aromatic heterocycles. The molecule has 2 rings (SSSR count). The average molecular weight is 265 g/mol. The first-order chi connectivity index (χ1) is 9.13. The van der Waals surface area contributed by atoms with Crippen molar-refractivity contribution in [3.8, 4) is 0 Å². The zero-order chi connectivity index (χ0) is 13.7. The summed E-state index contributed by atoms with van der Waals surface area (Å²) in [5.41, 5.74) is 0.779. The third-order valence-electron chi connectivity index (χ3n) is 3.28. The molecule has 6 heteroatoms. The first kappa shape index (κ1) is 14.0. The van der Waals surface area contributed by atoms with Gasteiger partial charge in [0.05, 0.1) is 18.4 Å². The average Bonchev–Trinajstić information content (AvgIpc) is 2.76. The van der Waals surface area contributed by atoms with Gasteiger partial charge < -0.3 is 15.5 Å². The van der Waals surface area contributed by atoms with E-state index in [-0.39, 0.29) is 5.91 Å². The standard InChI is InChI=1S/C13H23N5O/c1-17(2)10-13(19)16-12-7-15-18(9-12)8-11-3-5-14-6-4-11/h7,9,11,14H,3-6,8,10H2,1-2H3,(H,16,19). The van der Waals surface area contributed by atoms with Crippen LogP contribution >= 0.6 is 0 Å². The number of likely N-dealkylation sites (N-methyl/N-ethyl adjacent to an activating group) is 1. The topological polar surface area (TPSA) is 62.2 Å². The normalized spacial score (nSPS) is 16.8. The Balaban J connectivity index is 1.82. The van der Waals surface area contributed by atoms with Crippen molar-refractivity contribution in [2.45, 2.75) is 19.4 Å². The van der Waals surface area contributed by atoms with E-state index in [4.69, 9.17) is 0 Å². The summed E-state index contributed by atoms with van der Waals surface area (Å²) >= 11 is 0. The third-order valence-corrected chi connectivity index (χ3v) is 3.28. The Hall–Kier alpha value is -1.40. The van der Waals surface area contributed by atoms with Crippen molar-refractivity contribution in [2.24, 2.45) is 5.92 Å². The molecule has 6 nitrogen and oxygen atoms in total. The molecule has 1 aliphatic heterocycles. The van der Waals surface area contributed by atoms with Gasteiger partial charge >= 0.3 is 0 Å². The lowest BCUT2D eigenvalue weighted by atomic mass is 9.98. The summed E-state index contributed by atoms with van der Waals surface area (Å²) in [4.78, 5) is 13.5. The van der Waals surface area contributed by atoms with Gasteiger partial charge in [-0.3, -0.25) is 9.48 Å². The maximum atomic E-state index is 11.6. The molecular formula is C13H23N5O. The fourth-order valence-electron chi connectivity index (χ4n) is 2.34. The largest absolute Gasteiger partial charge is 0.322 e. The highest BCUT2D eigenvalue weighted by molar-refractivity contribution is 5.91. The Bertz CT molecular complexity index is 409. The van der Waals surface area contributed by atoms with Gasteiger partial charge in [-0.1, -0.05) is 0 Å². The number of nitrogens with zero attached hydrogens (tertiary/aromatic N) is 3. The molecule has 1 fully saturated rings. The van der Waals surface area contributed by atoms with Gasteiger partial charge in [0.2, 0.25) is 5.91 Å². The molecule has 106 valence electrons. The highest BCUT2D eigenvalue weighted by Gasteiger charge is 2.14. The van der Waals surface area contributed by atoms with Crippen LogP contribution in [0.15, 0.2) is 12.4 Å². The van der Waals surface area contributed by atoms with Crippen LogP contribution in [-0.2, 0) is 11.3 Å². The van der Waals surface area contributed by atoms with Crippen molar-refractivity contribution < 1.29 is 4.79 Å². The molecule has 0 bridgehead atoms. The lowest BCUT2D eigenvalue weighted by Crippen LogP contribution is -2.30. The number of rotatable bonds is 5.